The van der Waals surface area contributed by atoms with Crippen LogP contribution < -0.4 is 10.9 Å². The predicted octanol–water partition coefficient (Wildman–Crippen LogP) is 5.13. The summed E-state index contributed by atoms with van der Waals surface area (Å²) in [7, 11) is 0. The monoisotopic (exact) mass is 585 g/mol. The van der Waals surface area contributed by atoms with Crippen molar-refractivity contribution in [1.29, 1.82) is 0 Å². The van der Waals surface area contributed by atoms with Crippen LogP contribution in [0.4, 0.5) is 0 Å². The Morgan fingerprint density at radius 2 is 1.93 bits per heavy atom. The first-order valence-corrected chi connectivity index (χ1v) is 15.7. The number of benzene rings is 1. The maximum atomic E-state index is 13.6. The SMILES string of the molecule is CC(C)(C)[C@H]1CCc2nc3sc(C(=O)N[C@H](CCN4CCC(O)C4)c4ccc(-c5ccc(=O)[nH]c5)cc4)nc3cc2C1. The number of H-pyrrole nitrogens is 1. The lowest BCUT2D eigenvalue weighted by Gasteiger charge is -2.34. The van der Waals surface area contributed by atoms with Gasteiger partial charge in [-0.25, -0.2) is 9.97 Å². The number of hydrogen-bond acceptors (Lipinski definition) is 7. The standard InChI is InChI=1S/C33H39N5O3S/c1-33(2,3)24-9-10-26-23(16-24)17-28-31(36-26)42-32(37-28)30(41)35-27(13-15-38-14-12-25(39)19-38)21-6-4-20(5-7-21)22-8-11-29(40)34-18-22/h4-8,11,17-18,24-25,27,39H,9-10,12-16,19H2,1-3H3,(H,34,40)(H,35,41)/t24-,25?,27+/m0/s1. The van der Waals surface area contributed by atoms with Gasteiger partial charge in [0.15, 0.2) is 5.01 Å². The van der Waals surface area contributed by atoms with Gasteiger partial charge in [-0.15, -0.1) is 0 Å². The Bertz CT molecular complexity index is 1620. The molecule has 6 rings (SSSR count). The number of nitrogens with zero attached hydrogens (tertiary/aromatic N) is 3. The van der Waals surface area contributed by atoms with Crippen molar-refractivity contribution in [1.82, 2.24) is 25.2 Å². The number of thiazole rings is 1. The van der Waals surface area contributed by atoms with Crippen LogP contribution in [0.15, 0.2) is 53.5 Å². The first kappa shape index (κ1) is 28.7. The molecule has 1 amide bonds. The minimum atomic E-state index is -0.283. The number of β-amino-alcohol motifs (C(OH)–C–C–N with tert-alkyl or cyclic N) is 1. The number of aliphatic hydroxyl groups is 1. The van der Waals surface area contributed by atoms with Gasteiger partial charge in [-0.05, 0) is 77.8 Å². The van der Waals surface area contributed by atoms with E-state index < -0.39 is 0 Å². The molecule has 4 heterocycles. The van der Waals surface area contributed by atoms with Crippen molar-refractivity contribution in [2.75, 3.05) is 19.6 Å². The molecule has 9 heteroatoms. The van der Waals surface area contributed by atoms with Crippen LogP contribution in [0.3, 0.4) is 0 Å². The zero-order valence-electron chi connectivity index (χ0n) is 24.5. The van der Waals surface area contributed by atoms with Crippen molar-refractivity contribution in [3.8, 4) is 11.1 Å². The van der Waals surface area contributed by atoms with E-state index in [0.29, 0.717) is 23.9 Å². The number of aromatic amines is 1. The van der Waals surface area contributed by atoms with E-state index in [0.717, 1.165) is 71.5 Å². The molecule has 4 aromatic rings. The van der Waals surface area contributed by atoms with Gasteiger partial charge in [-0.1, -0.05) is 56.4 Å². The molecule has 1 aromatic carbocycles. The number of aromatic nitrogens is 3. The molecule has 3 atom stereocenters. The van der Waals surface area contributed by atoms with Crippen molar-refractivity contribution in [2.45, 2.75) is 65.0 Å². The van der Waals surface area contributed by atoms with Crippen molar-refractivity contribution in [3.05, 3.63) is 80.8 Å². The molecule has 0 spiro atoms. The number of rotatable bonds is 7. The van der Waals surface area contributed by atoms with Gasteiger partial charge in [0.2, 0.25) is 5.56 Å². The van der Waals surface area contributed by atoms with Gasteiger partial charge in [0.25, 0.3) is 5.91 Å². The summed E-state index contributed by atoms with van der Waals surface area (Å²) in [6.07, 6.45) is 6.02. The molecule has 42 heavy (non-hydrogen) atoms. The Kier molecular flexibility index (Phi) is 8.00. The zero-order chi connectivity index (χ0) is 29.4. The molecule has 8 nitrogen and oxygen atoms in total. The summed E-state index contributed by atoms with van der Waals surface area (Å²) in [5, 5.41) is 13.7. The molecule has 3 N–H and O–H groups in total. The molecule has 0 radical (unpaired) electrons. The second-order valence-corrected chi connectivity index (χ2v) is 13.8. The maximum absolute atomic E-state index is 13.6. The van der Waals surface area contributed by atoms with Crippen LogP contribution >= 0.6 is 11.3 Å². The van der Waals surface area contributed by atoms with Crippen LogP contribution in [0.1, 0.15) is 72.7 Å². The molecule has 1 saturated heterocycles. The van der Waals surface area contributed by atoms with Crippen LogP contribution in [0.5, 0.6) is 0 Å². The topological polar surface area (TPSA) is 111 Å². The molecule has 0 saturated carbocycles. The molecular formula is C33H39N5O3S. The maximum Gasteiger partial charge on any atom is 0.280 e. The zero-order valence-corrected chi connectivity index (χ0v) is 25.3. The summed E-state index contributed by atoms with van der Waals surface area (Å²) in [6, 6.07) is 13.3. The van der Waals surface area contributed by atoms with Crippen LogP contribution in [0, 0.1) is 11.3 Å². The van der Waals surface area contributed by atoms with Crippen LogP contribution in [-0.4, -0.2) is 56.6 Å². The average molecular weight is 586 g/mol. The summed E-state index contributed by atoms with van der Waals surface area (Å²) in [5.74, 6) is 0.415. The van der Waals surface area contributed by atoms with Crippen molar-refractivity contribution < 1.29 is 9.90 Å². The third-order valence-corrected chi connectivity index (χ3v) is 9.85. The van der Waals surface area contributed by atoms with Crippen LogP contribution in [0.25, 0.3) is 21.5 Å². The number of carbonyl (C=O) groups excluding carboxylic acids is 1. The summed E-state index contributed by atoms with van der Waals surface area (Å²) in [4.78, 5) is 40.5. The van der Waals surface area contributed by atoms with Crippen molar-refractivity contribution in [2.24, 2.45) is 11.3 Å². The molecule has 3 aromatic heterocycles. The molecule has 1 aliphatic heterocycles. The lowest BCUT2D eigenvalue weighted by molar-refractivity contribution is 0.0931. The Labute approximate surface area is 250 Å². The van der Waals surface area contributed by atoms with E-state index in [1.54, 1.807) is 12.3 Å². The number of fused-ring (bicyclic) bond motifs is 2. The van der Waals surface area contributed by atoms with Gasteiger partial charge in [-0.2, -0.15) is 0 Å². The number of nitrogens with one attached hydrogen (secondary N) is 2. The molecule has 1 fully saturated rings. The summed E-state index contributed by atoms with van der Waals surface area (Å²) < 4.78 is 0. The molecule has 2 aliphatic rings. The highest BCUT2D eigenvalue weighted by Gasteiger charge is 2.30. The normalized spacial score (nSPS) is 20.0. The number of pyridine rings is 2. The minimum absolute atomic E-state index is 0.135. The predicted molar refractivity (Wildman–Crippen MR) is 167 cm³/mol. The van der Waals surface area contributed by atoms with Gasteiger partial charge in [0, 0.05) is 37.6 Å². The fourth-order valence-corrected chi connectivity index (χ4v) is 7.06. The largest absolute Gasteiger partial charge is 0.392 e. The second kappa shape index (κ2) is 11.7. The van der Waals surface area contributed by atoms with E-state index in [2.05, 4.69) is 42.0 Å². The Morgan fingerprint density at radius 3 is 2.62 bits per heavy atom. The van der Waals surface area contributed by atoms with Gasteiger partial charge in [0.05, 0.1) is 12.1 Å². The fraction of sp³-hybridized carbons (Fsp3) is 0.455. The molecule has 220 valence electrons. The third-order valence-electron chi connectivity index (χ3n) is 8.88. The molecule has 0 bridgehead atoms. The third kappa shape index (κ3) is 6.33. The van der Waals surface area contributed by atoms with Crippen LogP contribution in [-0.2, 0) is 12.8 Å². The molecule has 1 aliphatic carbocycles. The van der Waals surface area contributed by atoms with E-state index >= 15 is 0 Å². The molecule has 1 unspecified atom stereocenters. The Morgan fingerprint density at radius 1 is 1.14 bits per heavy atom. The van der Waals surface area contributed by atoms with Crippen molar-refractivity contribution >= 4 is 27.6 Å². The van der Waals surface area contributed by atoms with E-state index in [-0.39, 0.29) is 29.0 Å². The fourth-order valence-electron chi connectivity index (χ4n) is 6.22. The van der Waals surface area contributed by atoms with Gasteiger partial charge in [0.1, 0.15) is 10.3 Å². The van der Waals surface area contributed by atoms with E-state index in [1.807, 2.05) is 24.3 Å². The quantitative estimate of drug-likeness (QED) is 0.278. The second-order valence-electron chi connectivity index (χ2n) is 12.9. The number of aryl methyl sites for hydroxylation is 1. The summed E-state index contributed by atoms with van der Waals surface area (Å²) in [5.41, 5.74) is 6.23. The highest BCUT2D eigenvalue weighted by molar-refractivity contribution is 7.19. The lowest BCUT2D eigenvalue weighted by atomic mass is 9.71. The number of carbonyl (C=O) groups is 1. The highest BCUT2D eigenvalue weighted by atomic mass is 32.1. The average Bonchev–Trinajstić information content (AvgIpc) is 3.59. The van der Waals surface area contributed by atoms with Gasteiger partial charge in [-0.3, -0.25) is 9.59 Å². The van der Waals surface area contributed by atoms with E-state index in [1.165, 1.54) is 23.0 Å². The van der Waals surface area contributed by atoms with Gasteiger partial charge < -0.3 is 20.3 Å². The first-order chi connectivity index (χ1) is 20.1. The molecular weight excluding hydrogens is 546 g/mol. The van der Waals surface area contributed by atoms with E-state index in [4.69, 9.17) is 9.97 Å². The summed E-state index contributed by atoms with van der Waals surface area (Å²) in [6.45, 7) is 9.21. The smallest absolute Gasteiger partial charge is 0.280 e. The number of likely N-dealkylation sites (tertiary alicyclic amines) is 1. The lowest BCUT2D eigenvalue weighted by Crippen LogP contribution is -2.32. The summed E-state index contributed by atoms with van der Waals surface area (Å²) >= 11 is 1.36. The van der Waals surface area contributed by atoms with Crippen molar-refractivity contribution in [3.63, 3.8) is 0 Å². The highest BCUT2D eigenvalue weighted by Crippen LogP contribution is 2.38. The minimum Gasteiger partial charge on any atom is -0.392 e. The Hall–Kier alpha value is -3.40. The number of amides is 1. The van der Waals surface area contributed by atoms with Crippen LogP contribution in [0.2, 0.25) is 0 Å². The number of aliphatic hydroxyl groups excluding tert-OH is 1. The Balaban J connectivity index is 1.22. The van der Waals surface area contributed by atoms with Gasteiger partial charge >= 0.3 is 0 Å². The van der Waals surface area contributed by atoms with E-state index in [9.17, 15) is 14.7 Å². The first-order valence-electron chi connectivity index (χ1n) is 14.9. The number of hydrogen-bond donors (Lipinski definition) is 3.